The van der Waals surface area contributed by atoms with Crippen LogP contribution in [0.4, 0.5) is 0 Å². The van der Waals surface area contributed by atoms with Crippen molar-refractivity contribution < 1.29 is 13.2 Å². The fourth-order valence-electron chi connectivity index (χ4n) is 2.28. The number of nitrogens with zero attached hydrogens (tertiary/aromatic N) is 1. The molecule has 0 bridgehead atoms. The molecule has 1 fully saturated rings. The van der Waals surface area contributed by atoms with E-state index in [4.69, 9.17) is 5.26 Å². The Hall–Kier alpha value is -1.43. The summed E-state index contributed by atoms with van der Waals surface area (Å²) in [5.74, 6) is -0.343. The molecule has 1 amide bonds. The van der Waals surface area contributed by atoms with Gasteiger partial charge in [0.25, 0.3) is 0 Å². The van der Waals surface area contributed by atoms with E-state index in [1.54, 1.807) is 12.1 Å². The summed E-state index contributed by atoms with van der Waals surface area (Å²) in [5, 5.41) is 11.8. The van der Waals surface area contributed by atoms with Gasteiger partial charge in [-0.3, -0.25) is 4.79 Å². The number of halogens is 1. The molecule has 1 atom stereocenters. The first-order valence-electron chi connectivity index (χ1n) is 7.69. The predicted octanol–water partition coefficient (Wildman–Crippen LogP) is 2.31. The molecular weight excluding hydrogens is 394 g/mol. The quantitative estimate of drug-likeness (QED) is 0.715. The van der Waals surface area contributed by atoms with Crippen LogP contribution in [-0.4, -0.2) is 25.9 Å². The number of amides is 1. The number of benzene rings is 1. The highest BCUT2D eigenvalue weighted by atomic mass is 79.9. The van der Waals surface area contributed by atoms with Crippen molar-refractivity contribution in [3.05, 3.63) is 28.7 Å². The van der Waals surface area contributed by atoms with Crippen LogP contribution in [0.5, 0.6) is 0 Å². The van der Waals surface area contributed by atoms with Gasteiger partial charge in [0, 0.05) is 4.47 Å². The number of nitrogens with one attached hydrogen (secondary N) is 2. The van der Waals surface area contributed by atoms with E-state index in [0.29, 0.717) is 23.7 Å². The van der Waals surface area contributed by atoms with E-state index < -0.39 is 27.5 Å². The summed E-state index contributed by atoms with van der Waals surface area (Å²) in [5.41, 5.74) is -0.826. The van der Waals surface area contributed by atoms with Gasteiger partial charge in [-0.1, -0.05) is 35.8 Å². The number of sulfonamides is 1. The molecule has 0 aliphatic heterocycles. The number of rotatable bonds is 7. The monoisotopic (exact) mass is 413 g/mol. The molecule has 0 radical (unpaired) electrons. The maximum Gasteiger partial charge on any atom is 0.241 e. The maximum absolute atomic E-state index is 12.6. The largest absolute Gasteiger partial charge is 0.336 e. The van der Waals surface area contributed by atoms with E-state index in [1.165, 1.54) is 12.1 Å². The minimum Gasteiger partial charge on any atom is -0.336 e. The third kappa shape index (κ3) is 4.79. The fourth-order valence-corrected chi connectivity index (χ4v) is 4.09. The molecule has 2 N–H and O–H groups in total. The molecule has 24 heavy (non-hydrogen) atoms. The molecule has 1 saturated carbocycles. The maximum atomic E-state index is 12.6. The van der Waals surface area contributed by atoms with Crippen LogP contribution in [0.3, 0.4) is 0 Å². The molecule has 2 rings (SSSR count). The van der Waals surface area contributed by atoms with Gasteiger partial charge in [-0.15, -0.1) is 0 Å². The molecule has 130 valence electrons. The molecular formula is C16H20BrN3O3S. The van der Waals surface area contributed by atoms with E-state index in [9.17, 15) is 13.2 Å². The van der Waals surface area contributed by atoms with Gasteiger partial charge in [0.2, 0.25) is 15.9 Å². The smallest absolute Gasteiger partial charge is 0.241 e. The molecule has 1 aliphatic carbocycles. The highest BCUT2D eigenvalue weighted by Crippen LogP contribution is 2.34. The van der Waals surface area contributed by atoms with E-state index >= 15 is 0 Å². The Morgan fingerprint density at radius 1 is 1.42 bits per heavy atom. The van der Waals surface area contributed by atoms with Gasteiger partial charge in [-0.2, -0.15) is 9.98 Å². The number of nitriles is 1. The average molecular weight is 414 g/mol. The van der Waals surface area contributed by atoms with Crippen molar-refractivity contribution in [1.29, 1.82) is 5.26 Å². The summed E-state index contributed by atoms with van der Waals surface area (Å²) in [7, 11) is -3.84. The summed E-state index contributed by atoms with van der Waals surface area (Å²) in [6.45, 7) is 3.82. The van der Waals surface area contributed by atoms with Crippen molar-refractivity contribution >= 4 is 31.9 Å². The zero-order chi connectivity index (χ0) is 18.0. The minimum atomic E-state index is -3.84. The molecule has 0 heterocycles. The average Bonchev–Trinajstić information content (AvgIpc) is 3.26. The second-order valence-electron chi connectivity index (χ2n) is 6.44. The first-order valence-corrected chi connectivity index (χ1v) is 9.96. The highest BCUT2D eigenvalue weighted by molar-refractivity contribution is 9.10. The third-order valence-corrected chi connectivity index (χ3v) is 5.72. The van der Waals surface area contributed by atoms with Gasteiger partial charge in [-0.05, 0) is 43.4 Å². The van der Waals surface area contributed by atoms with Crippen LogP contribution in [0.15, 0.2) is 33.6 Å². The van der Waals surface area contributed by atoms with Gasteiger partial charge < -0.3 is 5.32 Å². The van der Waals surface area contributed by atoms with E-state index in [-0.39, 0.29) is 10.8 Å². The van der Waals surface area contributed by atoms with Crippen molar-refractivity contribution in [2.45, 2.75) is 49.6 Å². The topological polar surface area (TPSA) is 99.1 Å². The Kier molecular flexibility index (Phi) is 5.68. The van der Waals surface area contributed by atoms with Crippen LogP contribution < -0.4 is 10.0 Å². The van der Waals surface area contributed by atoms with Crippen molar-refractivity contribution in [2.75, 3.05) is 0 Å². The molecule has 6 nitrogen and oxygen atoms in total. The second-order valence-corrected chi connectivity index (χ2v) is 9.07. The molecule has 0 saturated heterocycles. The lowest BCUT2D eigenvalue weighted by molar-refractivity contribution is -0.123. The zero-order valence-electron chi connectivity index (χ0n) is 13.5. The van der Waals surface area contributed by atoms with Crippen LogP contribution in [0.25, 0.3) is 0 Å². The lowest BCUT2D eigenvalue weighted by Crippen LogP contribution is -2.50. The van der Waals surface area contributed by atoms with Crippen molar-refractivity contribution in [2.24, 2.45) is 5.92 Å². The minimum absolute atomic E-state index is 0.0832. The lowest BCUT2D eigenvalue weighted by Gasteiger charge is -2.21. The number of hydrogen-bond donors (Lipinski definition) is 2. The number of carbonyl (C=O) groups is 1. The van der Waals surface area contributed by atoms with E-state index in [0.717, 1.165) is 0 Å². The Balaban J connectivity index is 2.19. The molecule has 0 spiro atoms. The Morgan fingerprint density at radius 3 is 2.58 bits per heavy atom. The fraction of sp³-hybridized carbons (Fsp3) is 0.500. The number of carbonyl (C=O) groups excluding carboxylic acids is 1. The van der Waals surface area contributed by atoms with Gasteiger partial charge in [0.1, 0.15) is 11.6 Å². The molecule has 8 heteroatoms. The van der Waals surface area contributed by atoms with Gasteiger partial charge in [0.15, 0.2) is 0 Å². The van der Waals surface area contributed by atoms with Crippen LogP contribution in [0.2, 0.25) is 0 Å². The molecule has 1 aliphatic rings. The van der Waals surface area contributed by atoms with Crippen molar-refractivity contribution in [1.82, 2.24) is 10.0 Å². The van der Waals surface area contributed by atoms with Gasteiger partial charge in [0.05, 0.1) is 11.0 Å². The second kappa shape index (κ2) is 7.21. The first kappa shape index (κ1) is 18.9. The highest BCUT2D eigenvalue weighted by Gasteiger charge is 2.46. The molecule has 0 aromatic heterocycles. The van der Waals surface area contributed by atoms with Crippen LogP contribution in [-0.2, 0) is 14.8 Å². The van der Waals surface area contributed by atoms with Gasteiger partial charge >= 0.3 is 0 Å². The van der Waals surface area contributed by atoms with Crippen LogP contribution >= 0.6 is 15.9 Å². The van der Waals surface area contributed by atoms with E-state index in [2.05, 4.69) is 32.0 Å². The zero-order valence-corrected chi connectivity index (χ0v) is 15.9. The summed E-state index contributed by atoms with van der Waals surface area (Å²) in [6.07, 6.45) is 1.55. The van der Waals surface area contributed by atoms with Crippen molar-refractivity contribution in [3.63, 3.8) is 0 Å². The van der Waals surface area contributed by atoms with Crippen molar-refractivity contribution in [3.8, 4) is 6.07 Å². The Morgan fingerprint density at radius 2 is 2.08 bits per heavy atom. The SMILES string of the molecule is CC(C)C[C@H](NS(=O)(=O)c1cccc(Br)c1)C(=O)NC1(C#N)CC1. The molecule has 1 aromatic carbocycles. The predicted molar refractivity (Wildman–Crippen MR) is 93.4 cm³/mol. The Bertz CT molecular complexity index is 767. The third-order valence-electron chi connectivity index (χ3n) is 3.75. The molecule has 0 unspecified atom stereocenters. The normalized spacial score (nSPS) is 17.1. The lowest BCUT2D eigenvalue weighted by atomic mass is 10.0. The van der Waals surface area contributed by atoms with E-state index in [1.807, 2.05) is 13.8 Å². The Labute approximate surface area is 150 Å². The number of hydrogen-bond acceptors (Lipinski definition) is 4. The first-order chi connectivity index (χ1) is 11.2. The van der Waals surface area contributed by atoms with Crippen LogP contribution in [0, 0.1) is 17.2 Å². The summed E-state index contributed by atoms with van der Waals surface area (Å²) < 4.78 is 28.2. The van der Waals surface area contributed by atoms with Crippen LogP contribution in [0.1, 0.15) is 33.1 Å². The summed E-state index contributed by atoms with van der Waals surface area (Å²) in [6, 6.07) is 7.44. The molecule has 1 aromatic rings. The standard InChI is InChI=1S/C16H20BrN3O3S/c1-11(2)8-14(15(21)19-16(10-18)6-7-16)20-24(22,23)13-5-3-4-12(17)9-13/h3-5,9,11,14,20H,6-8H2,1-2H3,(H,19,21)/t14-/m0/s1. The van der Waals surface area contributed by atoms with Gasteiger partial charge in [-0.25, -0.2) is 8.42 Å². The summed E-state index contributed by atoms with van der Waals surface area (Å²) >= 11 is 3.24. The summed E-state index contributed by atoms with van der Waals surface area (Å²) in [4.78, 5) is 12.6.